The molecule has 214 valence electrons. The maximum absolute atomic E-state index is 14.3. The minimum absolute atomic E-state index is 0.0240. The quantitative estimate of drug-likeness (QED) is 0.356. The minimum Gasteiger partial charge on any atom is -0.377 e. The topological polar surface area (TPSA) is 97.8 Å². The molecule has 5 atom stereocenters. The number of amides is 2. The molecule has 0 saturated carbocycles. The lowest BCUT2D eigenvalue weighted by Gasteiger charge is -2.40. The molecular formula is C31H41N5O3S. The van der Waals surface area contributed by atoms with E-state index in [1.807, 2.05) is 48.8 Å². The number of nitrogens with one attached hydrogen (secondary N) is 2. The normalized spacial score (nSPS) is 23.2. The summed E-state index contributed by atoms with van der Waals surface area (Å²) in [5.41, 5.74) is 3.19. The van der Waals surface area contributed by atoms with E-state index in [4.69, 9.17) is 4.98 Å². The maximum Gasteiger partial charge on any atom is 0.242 e. The molecule has 0 radical (unpaired) electrons. The number of para-hydroxylation sites is 1. The zero-order valence-electron chi connectivity index (χ0n) is 23.8. The Bertz CT molecular complexity index is 1330. The zero-order chi connectivity index (χ0) is 28.4. The van der Waals surface area contributed by atoms with Crippen LogP contribution in [-0.2, 0) is 9.59 Å². The van der Waals surface area contributed by atoms with Gasteiger partial charge in [0.15, 0.2) is 0 Å². The first-order valence-corrected chi connectivity index (χ1v) is 15.2. The van der Waals surface area contributed by atoms with Crippen molar-refractivity contribution in [2.75, 3.05) is 20.1 Å². The van der Waals surface area contributed by atoms with Crippen LogP contribution in [0.25, 0.3) is 21.3 Å². The summed E-state index contributed by atoms with van der Waals surface area (Å²) in [6, 6.07) is 15.5. The van der Waals surface area contributed by atoms with Crippen LogP contribution in [0.4, 0.5) is 0 Å². The lowest BCUT2D eigenvalue weighted by Crippen LogP contribution is -2.61. The van der Waals surface area contributed by atoms with Gasteiger partial charge < -0.3 is 20.2 Å². The molecule has 2 aliphatic rings. The molecule has 3 aromatic rings. The summed E-state index contributed by atoms with van der Waals surface area (Å²) in [6.07, 6.45) is 1.96. The number of aliphatic hydroxyl groups is 1. The SMILES string of the molecule is CNC(C)C(O)NC1CN(C(=O)CC(C)C)CC[C@H]2CC[C@@H](c3nc4c(-c5ccccc5)cccc4s3)N2C1=O. The van der Waals surface area contributed by atoms with Crippen molar-refractivity contribution in [1.82, 2.24) is 25.4 Å². The Hall–Kier alpha value is -2.85. The Morgan fingerprint density at radius 2 is 1.88 bits per heavy atom. The summed E-state index contributed by atoms with van der Waals surface area (Å²) >= 11 is 1.66. The second-order valence-corrected chi connectivity index (χ2v) is 12.6. The Morgan fingerprint density at radius 3 is 2.60 bits per heavy atom. The van der Waals surface area contributed by atoms with E-state index < -0.39 is 12.3 Å². The van der Waals surface area contributed by atoms with E-state index in [1.165, 1.54) is 0 Å². The van der Waals surface area contributed by atoms with Gasteiger partial charge in [-0.25, -0.2) is 4.98 Å². The van der Waals surface area contributed by atoms with Crippen molar-refractivity contribution >= 4 is 33.4 Å². The van der Waals surface area contributed by atoms with Crippen molar-refractivity contribution in [1.29, 1.82) is 0 Å². The lowest BCUT2D eigenvalue weighted by molar-refractivity contribution is -0.143. The third-order valence-corrected chi connectivity index (χ3v) is 9.35. The highest BCUT2D eigenvalue weighted by atomic mass is 32.1. The predicted molar refractivity (Wildman–Crippen MR) is 160 cm³/mol. The van der Waals surface area contributed by atoms with Gasteiger partial charge in [0.05, 0.1) is 16.3 Å². The number of hydrogen-bond acceptors (Lipinski definition) is 7. The number of benzene rings is 2. The molecule has 0 spiro atoms. The monoisotopic (exact) mass is 563 g/mol. The van der Waals surface area contributed by atoms with E-state index in [-0.39, 0.29) is 42.4 Å². The fourth-order valence-electron chi connectivity index (χ4n) is 5.91. The van der Waals surface area contributed by atoms with Crippen molar-refractivity contribution in [3.63, 3.8) is 0 Å². The van der Waals surface area contributed by atoms with Gasteiger partial charge in [-0.3, -0.25) is 14.9 Å². The summed E-state index contributed by atoms with van der Waals surface area (Å²) < 4.78 is 1.11. The van der Waals surface area contributed by atoms with Crippen molar-refractivity contribution < 1.29 is 14.7 Å². The Morgan fingerprint density at radius 1 is 1.10 bits per heavy atom. The van der Waals surface area contributed by atoms with Gasteiger partial charge in [-0.1, -0.05) is 56.3 Å². The number of hydrogen-bond donors (Lipinski definition) is 3. The van der Waals surface area contributed by atoms with Crippen LogP contribution in [0.1, 0.15) is 57.5 Å². The largest absolute Gasteiger partial charge is 0.377 e. The number of carbonyl (C=O) groups is 2. The molecule has 1 aromatic heterocycles. The summed E-state index contributed by atoms with van der Waals surface area (Å²) in [4.78, 5) is 36.4. The number of carbonyl (C=O) groups excluding carboxylic acids is 2. The first-order valence-electron chi connectivity index (χ1n) is 14.4. The summed E-state index contributed by atoms with van der Waals surface area (Å²) in [7, 11) is 1.78. The summed E-state index contributed by atoms with van der Waals surface area (Å²) in [5.74, 6) is 0.231. The number of aromatic nitrogens is 1. The van der Waals surface area contributed by atoms with Crippen LogP contribution in [0.2, 0.25) is 0 Å². The van der Waals surface area contributed by atoms with Gasteiger partial charge in [0.25, 0.3) is 0 Å². The minimum atomic E-state index is -0.934. The molecule has 5 rings (SSSR count). The average molecular weight is 564 g/mol. The van der Waals surface area contributed by atoms with E-state index in [1.54, 1.807) is 18.4 Å². The second kappa shape index (κ2) is 12.3. The molecule has 2 aliphatic heterocycles. The van der Waals surface area contributed by atoms with Gasteiger partial charge in [-0.15, -0.1) is 11.3 Å². The van der Waals surface area contributed by atoms with Gasteiger partial charge in [0, 0.05) is 37.2 Å². The zero-order valence-corrected chi connectivity index (χ0v) is 24.7. The highest BCUT2D eigenvalue weighted by Gasteiger charge is 2.44. The van der Waals surface area contributed by atoms with Crippen molar-refractivity contribution in [2.45, 2.75) is 76.8 Å². The van der Waals surface area contributed by atoms with Crippen LogP contribution < -0.4 is 10.6 Å². The molecule has 40 heavy (non-hydrogen) atoms. The number of thiazole rings is 1. The Balaban J connectivity index is 1.47. The average Bonchev–Trinajstić information content (AvgIpc) is 3.56. The van der Waals surface area contributed by atoms with Crippen LogP contribution in [0.3, 0.4) is 0 Å². The molecule has 2 amide bonds. The molecule has 0 aliphatic carbocycles. The van der Waals surface area contributed by atoms with Gasteiger partial charge >= 0.3 is 0 Å². The smallest absolute Gasteiger partial charge is 0.242 e. The highest BCUT2D eigenvalue weighted by Crippen LogP contribution is 2.43. The lowest BCUT2D eigenvalue weighted by atomic mass is 10.0. The molecule has 3 heterocycles. The Kier molecular flexibility index (Phi) is 8.85. The number of rotatable bonds is 8. The number of likely N-dealkylation sites (N-methyl/N-ethyl adjacent to an activating group) is 1. The van der Waals surface area contributed by atoms with Gasteiger partial charge in [-0.05, 0) is 50.8 Å². The molecule has 3 N–H and O–H groups in total. The van der Waals surface area contributed by atoms with Crippen molar-refractivity contribution in [2.24, 2.45) is 5.92 Å². The van der Waals surface area contributed by atoms with E-state index in [2.05, 4.69) is 41.0 Å². The van der Waals surface area contributed by atoms with E-state index in [0.717, 1.165) is 45.6 Å². The molecule has 3 unspecified atom stereocenters. The molecule has 2 fully saturated rings. The van der Waals surface area contributed by atoms with E-state index >= 15 is 0 Å². The van der Waals surface area contributed by atoms with Crippen LogP contribution in [0, 0.1) is 5.92 Å². The number of nitrogens with zero attached hydrogens (tertiary/aromatic N) is 3. The van der Waals surface area contributed by atoms with Crippen LogP contribution >= 0.6 is 11.3 Å². The third-order valence-electron chi connectivity index (χ3n) is 8.23. The molecule has 9 heteroatoms. The first-order chi connectivity index (χ1) is 19.3. The Labute approximate surface area is 240 Å². The molecule has 0 bridgehead atoms. The van der Waals surface area contributed by atoms with E-state index in [0.29, 0.717) is 13.0 Å². The predicted octanol–water partition coefficient (Wildman–Crippen LogP) is 4.16. The number of fused-ring (bicyclic) bond motifs is 2. The number of aliphatic hydroxyl groups excluding tert-OH is 1. The second-order valence-electron chi connectivity index (χ2n) is 11.5. The van der Waals surface area contributed by atoms with Gasteiger partial charge in [0.1, 0.15) is 17.3 Å². The highest BCUT2D eigenvalue weighted by molar-refractivity contribution is 7.18. The summed E-state index contributed by atoms with van der Waals surface area (Å²) in [6.45, 7) is 6.77. The standard InChI is InChI=1S/C31H41N5O3S/c1-19(2)17-27(37)35-16-15-22-13-14-25(36(22)31(39)24(18-35)33-29(38)20(3)32-4)30-34-28-23(11-8-12-26(28)40-30)21-9-6-5-7-10-21/h5-12,19-20,22,24-25,29,32-33,38H,13-18H2,1-4H3/t20?,22-,24?,25+,29?/m1/s1. The molecule has 2 saturated heterocycles. The summed E-state index contributed by atoms with van der Waals surface area (Å²) in [5, 5.41) is 18.0. The first kappa shape index (κ1) is 28.7. The van der Waals surface area contributed by atoms with Gasteiger partial charge in [-0.2, -0.15) is 0 Å². The van der Waals surface area contributed by atoms with Crippen molar-refractivity contribution in [3.05, 3.63) is 53.5 Å². The van der Waals surface area contributed by atoms with Crippen LogP contribution in [0.5, 0.6) is 0 Å². The van der Waals surface area contributed by atoms with Gasteiger partial charge in [0.2, 0.25) is 11.8 Å². The van der Waals surface area contributed by atoms with Crippen molar-refractivity contribution in [3.8, 4) is 11.1 Å². The van der Waals surface area contributed by atoms with E-state index in [9.17, 15) is 14.7 Å². The maximum atomic E-state index is 14.3. The van der Waals surface area contributed by atoms with Crippen LogP contribution in [0.15, 0.2) is 48.5 Å². The third kappa shape index (κ3) is 5.93. The van der Waals surface area contributed by atoms with Crippen LogP contribution in [-0.4, -0.2) is 76.2 Å². The fourth-order valence-corrected chi connectivity index (χ4v) is 7.04. The fraction of sp³-hybridized carbons (Fsp3) is 0.516. The molecule has 8 nitrogen and oxygen atoms in total. The molecular weight excluding hydrogens is 522 g/mol. The molecule has 2 aromatic carbocycles.